The molecule has 0 fully saturated rings. The Bertz CT molecular complexity index is 371. The summed E-state index contributed by atoms with van der Waals surface area (Å²) in [6, 6.07) is 0. The standard InChI is InChI=1S/C10H19O6PS4/c1-5-15-9(11)7-8(10(12)16-6-2)19-17(18,20-13-3)21-14-4/h8H,5-7H2,1-4H3. The summed E-state index contributed by atoms with van der Waals surface area (Å²) in [6.45, 7) is 3.90. The second-order valence-electron chi connectivity index (χ2n) is 3.28. The Morgan fingerprint density at radius 2 is 1.62 bits per heavy atom. The van der Waals surface area contributed by atoms with Crippen LogP contribution < -0.4 is 0 Å². The Morgan fingerprint density at radius 3 is 2.05 bits per heavy atom. The first-order valence-corrected chi connectivity index (χ1v) is 13.0. The van der Waals surface area contributed by atoms with Crippen molar-refractivity contribution in [1.29, 1.82) is 0 Å². The van der Waals surface area contributed by atoms with Gasteiger partial charge < -0.3 is 17.8 Å². The van der Waals surface area contributed by atoms with Gasteiger partial charge in [-0.25, -0.2) is 0 Å². The van der Waals surface area contributed by atoms with E-state index in [4.69, 9.17) is 29.6 Å². The van der Waals surface area contributed by atoms with E-state index in [0.717, 1.165) is 23.3 Å². The maximum atomic E-state index is 12.0. The molecular weight excluding hydrogens is 375 g/mol. The van der Waals surface area contributed by atoms with Crippen LogP contribution in [0.15, 0.2) is 0 Å². The number of carbonyl (C=O) groups excluding carboxylic acids is 2. The molecule has 11 heteroatoms. The zero-order valence-corrected chi connectivity index (χ0v) is 16.4. The lowest BCUT2D eigenvalue weighted by Crippen LogP contribution is -2.24. The molecule has 21 heavy (non-hydrogen) atoms. The van der Waals surface area contributed by atoms with Crippen molar-refractivity contribution in [3.05, 3.63) is 0 Å². The quantitative estimate of drug-likeness (QED) is 0.296. The van der Waals surface area contributed by atoms with E-state index in [1.54, 1.807) is 13.8 Å². The lowest BCUT2D eigenvalue weighted by Gasteiger charge is -2.21. The molecule has 124 valence electrons. The Hall–Kier alpha value is 0.560. The topological polar surface area (TPSA) is 71.1 Å². The fourth-order valence-corrected chi connectivity index (χ4v) is 12.0. The van der Waals surface area contributed by atoms with Crippen molar-refractivity contribution >= 4 is 62.1 Å². The van der Waals surface area contributed by atoms with Crippen molar-refractivity contribution in [2.45, 2.75) is 25.5 Å². The summed E-state index contributed by atoms with van der Waals surface area (Å²) in [6.07, 6.45) is -0.0930. The predicted octanol–water partition coefficient (Wildman–Crippen LogP) is 3.42. The second kappa shape index (κ2) is 12.0. The van der Waals surface area contributed by atoms with Crippen LogP contribution in [0.5, 0.6) is 0 Å². The third-order valence-corrected chi connectivity index (χ3v) is 12.5. The van der Waals surface area contributed by atoms with E-state index in [0.29, 0.717) is 0 Å². The van der Waals surface area contributed by atoms with Crippen LogP contribution in [-0.2, 0) is 39.2 Å². The van der Waals surface area contributed by atoms with Crippen LogP contribution in [-0.4, -0.2) is 44.6 Å². The average molecular weight is 394 g/mol. The molecule has 0 aromatic carbocycles. The van der Waals surface area contributed by atoms with Gasteiger partial charge in [0.25, 0.3) is 0 Å². The van der Waals surface area contributed by atoms with Gasteiger partial charge in [0.05, 0.1) is 57.2 Å². The number of rotatable bonds is 11. The molecule has 0 saturated heterocycles. The molecule has 6 nitrogen and oxygen atoms in total. The van der Waals surface area contributed by atoms with E-state index in [9.17, 15) is 9.59 Å². The van der Waals surface area contributed by atoms with Gasteiger partial charge in [-0.3, -0.25) is 9.59 Å². The predicted molar refractivity (Wildman–Crippen MR) is 92.7 cm³/mol. The van der Waals surface area contributed by atoms with Crippen LogP contribution in [0, 0.1) is 0 Å². The third-order valence-electron chi connectivity index (χ3n) is 1.79. The highest BCUT2D eigenvalue weighted by Gasteiger charge is 2.33. The fourth-order valence-electron chi connectivity index (χ4n) is 1.16. The minimum Gasteiger partial charge on any atom is -0.466 e. The minimum atomic E-state index is -2.30. The normalized spacial score (nSPS) is 12.8. The number of esters is 2. The van der Waals surface area contributed by atoms with Gasteiger partial charge in [-0.2, -0.15) is 0 Å². The molecule has 0 rings (SSSR count). The largest absolute Gasteiger partial charge is 0.466 e. The summed E-state index contributed by atoms with van der Waals surface area (Å²) in [5.74, 6) is -0.951. The maximum absolute atomic E-state index is 12.0. The van der Waals surface area contributed by atoms with Gasteiger partial charge in [0.2, 0.25) is 0 Å². The number of carbonyl (C=O) groups is 2. The highest BCUT2D eigenvalue weighted by atomic mass is 33.5. The Balaban J connectivity index is 4.96. The van der Waals surface area contributed by atoms with Crippen LogP contribution in [0.2, 0.25) is 0 Å². The van der Waals surface area contributed by atoms with Gasteiger partial charge >= 0.3 is 11.9 Å². The van der Waals surface area contributed by atoms with Gasteiger partial charge in [0.15, 0.2) is 3.64 Å². The van der Waals surface area contributed by atoms with Crippen molar-refractivity contribution in [2.24, 2.45) is 0 Å². The Morgan fingerprint density at radius 1 is 1.10 bits per heavy atom. The van der Waals surface area contributed by atoms with E-state index < -0.39 is 20.8 Å². The van der Waals surface area contributed by atoms with E-state index >= 15 is 0 Å². The first kappa shape index (κ1) is 21.6. The van der Waals surface area contributed by atoms with Crippen molar-refractivity contribution in [2.75, 3.05) is 27.4 Å². The van der Waals surface area contributed by atoms with Crippen LogP contribution >= 0.6 is 38.4 Å². The summed E-state index contributed by atoms with van der Waals surface area (Å²) >= 11 is 8.81. The van der Waals surface area contributed by atoms with Gasteiger partial charge in [-0.1, -0.05) is 23.2 Å². The van der Waals surface area contributed by atoms with Crippen molar-refractivity contribution in [1.82, 2.24) is 0 Å². The van der Waals surface area contributed by atoms with Gasteiger partial charge in [0, 0.05) is 0 Å². The van der Waals surface area contributed by atoms with Crippen LogP contribution in [0.3, 0.4) is 0 Å². The lowest BCUT2D eigenvalue weighted by molar-refractivity contribution is -0.149. The zero-order chi connectivity index (χ0) is 16.3. The molecule has 0 saturated carbocycles. The minimum absolute atomic E-state index is 0.0930. The molecule has 0 aliphatic rings. The highest BCUT2D eigenvalue weighted by molar-refractivity contribution is 9.22. The van der Waals surface area contributed by atoms with E-state index in [1.165, 1.54) is 25.6 Å². The first-order chi connectivity index (χ1) is 9.92. The van der Waals surface area contributed by atoms with E-state index in [-0.39, 0.29) is 19.6 Å². The highest BCUT2D eigenvalue weighted by Crippen LogP contribution is 2.79. The molecular formula is C10H19O6PS4. The molecule has 0 aliphatic carbocycles. The fraction of sp³-hybridized carbons (Fsp3) is 0.800. The van der Waals surface area contributed by atoms with Gasteiger partial charge in [0.1, 0.15) is 5.25 Å². The SMILES string of the molecule is CCOC(=O)CC(SP(=S)(SOC)SOC)C(=O)OCC. The lowest BCUT2D eigenvalue weighted by atomic mass is 10.3. The summed E-state index contributed by atoms with van der Waals surface area (Å²) in [4.78, 5) is 23.6. The molecule has 0 bridgehead atoms. The van der Waals surface area contributed by atoms with Crippen molar-refractivity contribution in [3.8, 4) is 0 Å². The summed E-state index contributed by atoms with van der Waals surface area (Å²) < 4.78 is 17.6. The van der Waals surface area contributed by atoms with Crippen LogP contribution in [0.25, 0.3) is 0 Å². The molecule has 1 atom stereocenters. The van der Waals surface area contributed by atoms with Crippen molar-refractivity contribution in [3.63, 3.8) is 0 Å². The Labute approximate surface area is 142 Å². The monoisotopic (exact) mass is 394 g/mol. The summed E-state index contributed by atoms with van der Waals surface area (Å²) in [5, 5.41) is -0.736. The average Bonchev–Trinajstić information content (AvgIpc) is 2.39. The molecule has 0 aromatic heterocycles. The molecule has 0 spiro atoms. The molecule has 0 aromatic rings. The first-order valence-electron chi connectivity index (χ1n) is 5.97. The zero-order valence-electron chi connectivity index (χ0n) is 12.2. The second-order valence-corrected chi connectivity index (χ2v) is 18.2. The van der Waals surface area contributed by atoms with Crippen LogP contribution in [0.1, 0.15) is 20.3 Å². The number of hydrogen-bond acceptors (Lipinski definition) is 10. The smallest absolute Gasteiger partial charge is 0.320 e. The summed E-state index contributed by atoms with van der Waals surface area (Å²) in [7, 11) is 2.99. The third kappa shape index (κ3) is 9.32. The van der Waals surface area contributed by atoms with Crippen molar-refractivity contribution < 1.29 is 27.4 Å². The summed E-state index contributed by atoms with van der Waals surface area (Å²) in [5.41, 5.74) is 0. The number of ether oxygens (including phenoxy) is 2. The van der Waals surface area contributed by atoms with Gasteiger partial charge in [-0.15, -0.1) is 0 Å². The van der Waals surface area contributed by atoms with Crippen LogP contribution in [0.4, 0.5) is 0 Å². The molecule has 1 unspecified atom stereocenters. The molecule has 0 aliphatic heterocycles. The van der Waals surface area contributed by atoms with E-state index in [1.807, 2.05) is 0 Å². The molecule has 0 amide bonds. The molecule has 0 radical (unpaired) electrons. The Kier molecular flexibility index (Phi) is 12.4. The van der Waals surface area contributed by atoms with Gasteiger partial charge in [-0.05, 0) is 13.8 Å². The number of hydrogen-bond donors (Lipinski definition) is 0. The molecule has 0 heterocycles. The molecule has 0 N–H and O–H groups in total. The van der Waals surface area contributed by atoms with E-state index in [2.05, 4.69) is 0 Å². The maximum Gasteiger partial charge on any atom is 0.320 e.